The number of aryl methyl sites for hydroxylation is 1. The van der Waals surface area contributed by atoms with Crippen molar-refractivity contribution >= 4 is 5.91 Å². The zero-order valence-corrected chi connectivity index (χ0v) is 21.2. The molecule has 2 heterocycles. The van der Waals surface area contributed by atoms with E-state index in [4.69, 9.17) is 19.3 Å². The number of para-hydroxylation sites is 2. The minimum Gasteiger partial charge on any atom is -0.493 e. The van der Waals surface area contributed by atoms with E-state index < -0.39 is 0 Å². The van der Waals surface area contributed by atoms with E-state index in [1.165, 1.54) is 0 Å². The second-order valence-electron chi connectivity index (χ2n) is 9.06. The number of carbonyl (C=O) groups is 1. The van der Waals surface area contributed by atoms with Crippen LogP contribution >= 0.6 is 0 Å². The molecule has 0 spiro atoms. The van der Waals surface area contributed by atoms with E-state index in [1.54, 1.807) is 11.8 Å². The molecule has 1 fully saturated rings. The number of carbonyl (C=O) groups excluding carboxylic acids is 1. The van der Waals surface area contributed by atoms with Gasteiger partial charge in [0.15, 0.2) is 11.5 Å². The Kier molecular flexibility index (Phi) is 7.51. The molecule has 0 bridgehead atoms. The molecule has 1 aliphatic heterocycles. The minimum atomic E-state index is -0.0535. The van der Waals surface area contributed by atoms with Crippen LogP contribution in [-0.2, 0) is 18.3 Å². The van der Waals surface area contributed by atoms with Gasteiger partial charge in [-0.3, -0.25) is 4.79 Å². The van der Waals surface area contributed by atoms with Crippen molar-refractivity contribution in [3.63, 3.8) is 0 Å². The lowest BCUT2D eigenvalue weighted by atomic mass is 10.1. The number of benzene rings is 3. The highest BCUT2D eigenvalue weighted by molar-refractivity contribution is 5.94. The fraction of sp³-hybridized carbons (Fsp3) is 0.267. The van der Waals surface area contributed by atoms with Crippen LogP contribution in [0.5, 0.6) is 17.4 Å². The fourth-order valence-electron chi connectivity index (χ4n) is 4.67. The molecule has 1 saturated heterocycles. The second kappa shape index (κ2) is 11.3. The van der Waals surface area contributed by atoms with E-state index in [9.17, 15) is 4.79 Å². The molecule has 37 heavy (non-hydrogen) atoms. The maximum absolute atomic E-state index is 13.7. The predicted molar refractivity (Wildman–Crippen MR) is 142 cm³/mol. The van der Waals surface area contributed by atoms with Crippen molar-refractivity contribution in [3.05, 3.63) is 96.1 Å². The summed E-state index contributed by atoms with van der Waals surface area (Å²) in [6.45, 7) is 1.53. The molecule has 1 aromatic heterocycles. The van der Waals surface area contributed by atoms with Crippen molar-refractivity contribution in [2.45, 2.75) is 25.5 Å². The molecule has 0 aliphatic carbocycles. The number of methoxy groups -OCH3 is 1. The summed E-state index contributed by atoms with van der Waals surface area (Å²) in [4.78, 5) is 15.6. The van der Waals surface area contributed by atoms with Crippen molar-refractivity contribution in [3.8, 4) is 28.6 Å². The van der Waals surface area contributed by atoms with Crippen LogP contribution < -0.4 is 9.47 Å². The average Bonchev–Trinajstić information content (AvgIpc) is 3.57. The van der Waals surface area contributed by atoms with E-state index in [-0.39, 0.29) is 12.0 Å². The molecule has 190 valence electrons. The van der Waals surface area contributed by atoms with Crippen LogP contribution in [0.25, 0.3) is 11.3 Å². The molecular formula is C30H31N3O4. The third-order valence-electron chi connectivity index (χ3n) is 6.52. The van der Waals surface area contributed by atoms with E-state index in [0.717, 1.165) is 36.3 Å². The van der Waals surface area contributed by atoms with Crippen molar-refractivity contribution < 1.29 is 19.0 Å². The Morgan fingerprint density at radius 2 is 1.68 bits per heavy atom. The summed E-state index contributed by atoms with van der Waals surface area (Å²) in [5.41, 5.74) is 3.18. The summed E-state index contributed by atoms with van der Waals surface area (Å²) in [5, 5.41) is 4.83. The highest BCUT2D eigenvalue weighted by atomic mass is 16.5. The Labute approximate surface area is 217 Å². The van der Waals surface area contributed by atoms with Gasteiger partial charge in [-0.15, -0.1) is 0 Å². The molecule has 3 aromatic carbocycles. The summed E-state index contributed by atoms with van der Waals surface area (Å²) in [5.74, 6) is 1.70. The number of hydrogen-bond donors (Lipinski definition) is 0. The van der Waals surface area contributed by atoms with Gasteiger partial charge in [0.2, 0.25) is 5.88 Å². The maximum Gasteiger partial charge on any atom is 0.254 e. The molecule has 7 nitrogen and oxygen atoms in total. The molecule has 1 atom stereocenters. The van der Waals surface area contributed by atoms with E-state index in [0.29, 0.717) is 36.0 Å². The van der Waals surface area contributed by atoms with E-state index >= 15 is 0 Å². The monoisotopic (exact) mass is 497 g/mol. The molecule has 0 saturated carbocycles. The fourth-order valence-corrected chi connectivity index (χ4v) is 4.67. The molecule has 7 heteroatoms. The number of ether oxygens (including phenoxy) is 3. The molecule has 0 N–H and O–H groups in total. The second-order valence-corrected chi connectivity index (χ2v) is 9.06. The number of hydrogen-bond acceptors (Lipinski definition) is 5. The maximum atomic E-state index is 13.7. The van der Waals surface area contributed by atoms with Gasteiger partial charge in [0, 0.05) is 31.3 Å². The normalized spacial score (nSPS) is 14.9. The Morgan fingerprint density at radius 1 is 1.00 bits per heavy atom. The number of aromatic nitrogens is 2. The lowest BCUT2D eigenvalue weighted by molar-refractivity contribution is 0.0506. The Balaban J connectivity index is 1.57. The third-order valence-corrected chi connectivity index (χ3v) is 6.52. The molecule has 1 unspecified atom stereocenters. The average molecular weight is 498 g/mol. The summed E-state index contributed by atoms with van der Waals surface area (Å²) >= 11 is 0. The summed E-state index contributed by atoms with van der Waals surface area (Å²) in [6.07, 6.45) is 1.94. The van der Waals surface area contributed by atoms with Gasteiger partial charge in [-0.1, -0.05) is 60.7 Å². The smallest absolute Gasteiger partial charge is 0.254 e. The van der Waals surface area contributed by atoms with Crippen LogP contribution in [0.4, 0.5) is 0 Å². The van der Waals surface area contributed by atoms with E-state index in [1.807, 2.05) is 96.9 Å². The first-order valence-corrected chi connectivity index (χ1v) is 12.5. The Hall–Kier alpha value is -4.10. The van der Waals surface area contributed by atoms with Crippen LogP contribution in [0.1, 0.15) is 28.8 Å². The van der Waals surface area contributed by atoms with Crippen molar-refractivity contribution in [1.82, 2.24) is 14.7 Å². The zero-order valence-electron chi connectivity index (χ0n) is 21.2. The highest BCUT2D eigenvalue weighted by Crippen LogP contribution is 2.37. The first-order chi connectivity index (χ1) is 18.1. The number of amides is 1. The first-order valence-electron chi connectivity index (χ1n) is 12.5. The summed E-state index contributed by atoms with van der Waals surface area (Å²) in [6, 6.07) is 26.8. The standard InChI is InChI=1S/C30H31N3O4/c1-32-30(37-27-18-10-9-17-26(27)35-2)25(28(31-32)22-12-5-3-6-13-22)21-33(20-24-16-11-19-36-24)29(34)23-14-7-4-8-15-23/h3-10,12-15,17-18,24H,11,16,19-21H2,1-2H3. The zero-order chi connectivity index (χ0) is 25.6. The van der Waals surface area contributed by atoms with Gasteiger partial charge in [0.05, 0.1) is 25.3 Å². The Bertz CT molecular complexity index is 1330. The van der Waals surface area contributed by atoms with Crippen molar-refractivity contribution in [2.24, 2.45) is 7.05 Å². The lowest BCUT2D eigenvalue weighted by Gasteiger charge is -2.26. The van der Waals surface area contributed by atoms with Gasteiger partial charge >= 0.3 is 0 Å². The molecule has 0 radical (unpaired) electrons. The summed E-state index contributed by atoms with van der Waals surface area (Å²) in [7, 11) is 3.47. The topological polar surface area (TPSA) is 65.8 Å². The quantitative estimate of drug-likeness (QED) is 0.296. The Morgan fingerprint density at radius 3 is 2.35 bits per heavy atom. The van der Waals surface area contributed by atoms with Gasteiger partial charge in [-0.25, -0.2) is 4.68 Å². The van der Waals surface area contributed by atoms with Gasteiger partial charge in [0.25, 0.3) is 5.91 Å². The van der Waals surface area contributed by atoms with Gasteiger partial charge in [-0.2, -0.15) is 5.10 Å². The van der Waals surface area contributed by atoms with Gasteiger partial charge in [-0.05, 0) is 37.1 Å². The van der Waals surface area contributed by atoms with Gasteiger partial charge in [0.1, 0.15) is 5.69 Å². The highest BCUT2D eigenvalue weighted by Gasteiger charge is 2.28. The molecule has 1 amide bonds. The predicted octanol–water partition coefficient (Wildman–Crippen LogP) is 5.71. The van der Waals surface area contributed by atoms with Crippen molar-refractivity contribution in [2.75, 3.05) is 20.3 Å². The number of rotatable bonds is 9. The van der Waals surface area contributed by atoms with Gasteiger partial charge < -0.3 is 19.1 Å². The molecule has 4 aromatic rings. The number of nitrogens with zero attached hydrogens (tertiary/aromatic N) is 3. The van der Waals surface area contributed by atoms with Crippen LogP contribution in [0, 0.1) is 0 Å². The van der Waals surface area contributed by atoms with Crippen LogP contribution in [0.3, 0.4) is 0 Å². The van der Waals surface area contributed by atoms with Crippen LogP contribution in [-0.4, -0.2) is 47.0 Å². The lowest BCUT2D eigenvalue weighted by Crippen LogP contribution is -2.37. The van der Waals surface area contributed by atoms with Crippen LogP contribution in [0.2, 0.25) is 0 Å². The third kappa shape index (κ3) is 5.52. The molecule has 5 rings (SSSR count). The van der Waals surface area contributed by atoms with E-state index in [2.05, 4.69) is 0 Å². The minimum absolute atomic E-state index is 0.00287. The van der Waals surface area contributed by atoms with Crippen molar-refractivity contribution in [1.29, 1.82) is 0 Å². The SMILES string of the molecule is COc1ccccc1Oc1c(CN(CC2CCCO2)C(=O)c2ccccc2)c(-c2ccccc2)nn1C. The molecular weight excluding hydrogens is 466 g/mol. The first kappa shape index (κ1) is 24.6. The summed E-state index contributed by atoms with van der Waals surface area (Å²) < 4.78 is 19.6. The molecule has 1 aliphatic rings. The largest absolute Gasteiger partial charge is 0.493 e. The van der Waals surface area contributed by atoms with Crippen LogP contribution in [0.15, 0.2) is 84.9 Å².